The number of hydrogen-bond acceptors (Lipinski definition) is 4. The number of methoxy groups -OCH3 is 1. The Morgan fingerprint density at radius 2 is 1.74 bits per heavy atom. The van der Waals surface area contributed by atoms with Gasteiger partial charge < -0.3 is 20.4 Å². The number of fused-ring (bicyclic) bond motifs is 2. The highest BCUT2D eigenvalue weighted by atomic mass is 16.5. The first kappa shape index (κ1) is 19.0. The number of anilines is 3. The molecule has 0 spiro atoms. The maximum Gasteiger partial charge on any atom is 0.119 e. The summed E-state index contributed by atoms with van der Waals surface area (Å²) in [6.07, 6.45) is 4.84. The number of aromatic nitrogens is 2. The van der Waals surface area contributed by atoms with Gasteiger partial charge in [0, 0.05) is 52.3 Å². The lowest BCUT2D eigenvalue weighted by atomic mass is 10.1. The van der Waals surface area contributed by atoms with Crippen LogP contribution in [0, 0.1) is 0 Å². The van der Waals surface area contributed by atoms with Crippen LogP contribution in [0.25, 0.3) is 21.8 Å². The van der Waals surface area contributed by atoms with Crippen molar-refractivity contribution in [2.45, 2.75) is 6.42 Å². The fourth-order valence-corrected chi connectivity index (χ4v) is 3.86. The third kappa shape index (κ3) is 4.03. The molecule has 0 atom stereocenters. The monoisotopic (exact) mass is 408 g/mol. The molecule has 5 heteroatoms. The molecule has 0 saturated heterocycles. The molecule has 0 radical (unpaired) electrons. The van der Waals surface area contributed by atoms with Gasteiger partial charge in [0.05, 0.1) is 12.6 Å². The van der Waals surface area contributed by atoms with Crippen LogP contribution in [-0.2, 0) is 6.42 Å². The third-order valence-corrected chi connectivity index (χ3v) is 5.51. The van der Waals surface area contributed by atoms with Crippen molar-refractivity contribution in [1.29, 1.82) is 0 Å². The number of nitrogens with one attached hydrogen (secondary N) is 3. The van der Waals surface area contributed by atoms with Gasteiger partial charge >= 0.3 is 0 Å². The van der Waals surface area contributed by atoms with Gasteiger partial charge in [-0.3, -0.25) is 4.98 Å². The maximum absolute atomic E-state index is 5.36. The van der Waals surface area contributed by atoms with Crippen LogP contribution in [0.2, 0.25) is 0 Å². The van der Waals surface area contributed by atoms with E-state index in [0.29, 0.717) is 0 Å². The molecule has 0 unspecified atom stereocenters. The maximum atomic E-state index is 5.36. The number of para-hydroxylation sites is 1. The molecule has 3 N–H and O–H groups in total. The topological polar surface area (TPSA) is 62.0 Å². The van der Waals surface area contributed by atoms with E-state index in [0.717, 1.165) is 52.2 Å². The first-order chi connectivity index (χ1) is 15.3. The number of nitrogens with zero attached hydrogens (tertiary/aromatic N) is 1. The van der Waals surface area contributed by atoms with E-state index < -0.39 is 0 Å². The molecule has 5 rings (SSSR count). The molecule has 0 aliphatic carbocycles. The highest BCUT2D eigenvalue weighted by Gasteiger charge is 2.06. The van der Waals surface area contributed by atoms with E-state index in [1.165, 1.54) is 10.9 Å². The first-order valence-corrected chi connectivity index (χ1v) is 10.4. The Hall–Kier alpha value is -3.99. The van der Waals surface area contributed by atoms with Crippen LogP contribution < -0.4 is 15.4 Å². The molecule has 0 amide bonds. The van der Waals surface area contributed by atoms with Crippen molar-refractivity contribution in [3.05, 3.63) is 90.8 Å². The second-order valence-corrected chi connectivity index (χ2v) is 7.48. The Morgan fingerprint density at radius 1 is 0.903 bits per heavy atom. The third-order valence-electron chi connectivity index (χ3n) is 5.51. The highest BCUT2D eigenvalue weighted by molar-refractivity contribution is 5.92. The second-order valence-electron chi connectivity index (χ2n) is 7.48. The number of ether oxygens (including phenoxy) is 1. The van der Waals surface area contributed by atoms with Crippen LogP contribution in [-0.4, -0.2) is 23.6 Å². The van der Waals surface area contributed by atoms with Gasteiger partial charge in [-0.15, -0.1) is 0 Å². The summed E-state index contributed by atoms with van der Waals surface area (Å²) in [6, 6.07) is 24.7. The summed E-state index contributed by atoms with van der Waals surface area (Å²) < 4.78 is 5.36. The summed E-state index contributed by atoms with van der Waals surface area (Å²) in [6.45, 7) is 0.853. The van der Waals surface area contributed by atoms with E-state index in [4.69, 9.17) is 4.74 Å². The van der Waals surface area contributed by atoms with Crippen LogP contribution in [0.4, 0.5) is 17.1 Å². The van der Waals surface area contributed by atoms with E-state index in [1.807, 2.05) is 36.5 Å². The van der Waals surface area contributed by atoms with Gasteiger partial charge in [0.15, 0.2) is 0 Å². The van der Waals surface area contributed by atoms with Crippen molar-refractivity contribution < 1.29 is 4.74 Å². The Kier molecular flexibility index (Phi) is 5.15. The minimum Gasteiger partial charge on any atom is -0.497 e. The van der Waals surface area contributed by atoms with Crippen molar-refractivity contribution in [3.63, 3.8) is 0 Å². The average Bonchev–Trinajstić information content (AvgIpc) is 3.22. The minimum absolute atomic E-state index is 0.853. The number of H-pyrrole nitrogens is 1. The zero-order chi connectivity index (χ0) is 21.0. The lowest BCUT2D eigenvalue weighted by Gasteiger charge is -2.11. The Balaban J connectivity index is 1.23. The van der Waals surface area contributed by atoms with Gasteiger partial charge in [0.25, 0.3) is 0 Å². The lowest BCUT2D eigenvalue weighted by Crippen LogP contribution is -2.04. The highest BCUT2D eigenvalue weighted by Crippen LogP contribution is 2.26. The van der Waals surface area contributed by atoms with Crippen molar-refractivity contribution in [3.8, 4) is 5.75 Å². The lowest BCUT2D eigenvalue weighted by molar-refractivity contribution is 0.415. The Labute approximate surface area is 181 Å². The van der Waals surface area contributed by atoms with Crippen LogP contribution >= 0.6 is 0 Å². The molecule has 0 aliphatic rings. The quantitative estimate of drug-likeness (QED) is 0.303. The average molecular weight is 409 g/mol. The molecule has 2 heterocycles. The van der Waals surface area contributed by atoms with Crippen molar-refractivity contribution in [2.75, 3.05) is 24.3 Å². The number of pyridine rings is 1. The standard InChI is InChI=1S/C26H24N4O/c1-31-21-10-11-25-23(16-21)18(17-29-25)12-14-27-19-6-8-20(9-7-19)30-26-13-15-28-24-5-3-2-4-22(24)26/h2-11,13,15-17,27,29H,12,14H2,1H3,(H,28,30). The van der Waals surface area contributed by atoms with Gasteiger partial charge in [-0.25, -0.2) is 0 Å². The predicted octanol–water partition coefficient (Wildman–Crippen LogP) is 6.12. The molecule has 0 bridgehead atoms. The van der Waals surface area contributed by atoms with Crippen LogP contribution in [0.5, 0.6) is 5.75 Å². The summed E-state index contributed by atoms with van der Waals surface area (Å²) in [5.74, 6) is 0.881. The van der Waals surface area contributed by atoms with E-state index in [-0.39, 0.29) is 0 Å². The van der Waals surface area contributed by atoms with E-state index in [2.05, 4.69) is 69.3 Å². The summed E-state index contributed by atoms with van der Waals surface area (Å²) >= 11 is 0. The van der Waals surface area contributed by atoms with Gasteiger partial charge in [-0.2, -0.15) is 0 Å². The molecular formula is C26H24N4O. The second kappa shape index (κ2) is 8.40. The van der Waals surface area contributed by atoms with E-state index >= 15 is 0 Å². The van der Waals surface area contributed by atoms with Crippen molar-refractivity contribution in [1.82, 2.24) is 9.97 Å². The Bertz CT molecular complexity index is 1320. The molecule has 2 aromatic heterocycles. The minimum atomic E-state index is 0.853. The largest absolute Gasteiger partial charge is 0.497 e. The van der Waals surface area contributed by atoms with Crippen molar-refractivity contribution >= 4 is 38.9 Å². The molecule has 5 nitrogen and oxygen atoms in total. The Morgan fingerprint density at radius 3 is 2.61 bits per heavy atom. The zero-order valence-corrected chi connectivity index (χ0v) is 17.4. The smallest absolute Gasteiger partial charge is 0.119 e. The van der Waals surface area contributed by atoms with Gasteiger partial charge in [0.2, 0.25) is 0 Å². The van der Waals surface area contributed by atoms with Crippen molar-refractivity contribution in [2.24, 2.45) is 0 Å². The molecule has 3 aromatic carbocycles. The van der Waals surface area contributed by atoms with Gasteiger partial charge in [0.1, 0.15) is 5.75 Å². The van der Waals surface area contributed by atoms with Crippen LogP contribution in [0.3, 0.4) is 0 Å². The van der Waals surface area contributed by atoms with Gasteiger partial charge in [-0.1, -0.05) is 18.2 Å². The summed E-state index contributed by atoms with van der Waals surface area (Å²) in [5, 5.41) is 9.34. The fraction of sp³-hybridized carbons (Fsp3) is 0.115. The molecule has 31 heavy (non-hydrogen) atoms. The van der Waals surface area contributed by atoms with Crippen LogP contribution in [0.15, 0.2) is 85.2 Å². The first-order valence-electron chi connectivity index (χ1n) is 10.4. The van der Waals surface area contributed by atoms with E-state index in [1.54, 1.807) is 7.11 Å². The molecular weight excluding hydrogens is 384 g/mol. The normalized spacial score (nSPS) is 11.0. The SMILES string of the molecule is COc1ccc2[nH]cc(CCNc3ccc(Nc4ccnc5ccccc45)cc3)c2c1. The molecule has 0 aliphatic heterocycles. The number of hydrogen-bond donors (Lipinski definition) is 3. The van der Waals surface area contributed by atoms with E-state index in [9.17, 15) is 0 Å². The summed E-state index contributed by atoms with van der Waals surface area (Å²) in [7, 11) is 1.70. The summed E-state index contributed by atoms with van der Waals surface area (Å²) in [5.41, 5.74) is 6.61. The fourth-order valence-electron chi connectivity index (χ4n) is 3.86. The zero-order valence-electron chi connectivity index (χ0n) is 17.4. The predicted molar refractivity (Wildman–Crippen MR) is 129 cm³/mol. The number of benzene rings is 3. The van der Waals surface area contributed by atoms with Gasteiger partial charge in [-0.05, 0) is 66.6 Å². The molecule has 0 fully saturated rings. The molecule has 5 aromatic rings. The molecule has 0 saturated carbocycles. The number of rotatable bonds is 7. The van der Waals surface area contributed by atoms with Crippen LogP contribution in [0.1, 0.15) is 5.56 Å². The molecule has 154 valence electrons. The number of aromatic amines is 1. The summed E-state index contributed by atoms with van der Waals surface area (Å²) in [4.78, 5) is 7.76.